The summed E-state index contributed by atoms with van der Waals surface area (Å²) in [4.78, 5) is 14.6. The second-order valence-corrected chi connectivity index (χ2v) is 5.96. The average molecular weight is 289 g/mol. The molecule has 0 saturated carbocycles. The maximum absolute atomic E-state index is 12.1. The van der Waals surface area contributed by atoms with Gasteiger partial charge in [0.15, 0.2) is 0 Å². The van der Waals surface area contributed by atoms with Gasteiger partial charge in [-0.15, -0.1) is 0 Å². The van der Waals surface area contributed by atoms with Crippen LogP contribution in [0.1, 0.15) is 38.2 Å². The van der Waals surface area contributed by atoms with Crippen LogP contribution in [0.15, 0.2) is 24.3 Å². The number of carbonyl (C=O) groups excluding carboxylic acids is 1. The van der Waals surface area contributed by atoms with E-state index in [1.165, 1.54) is 19.4 Å². The first-order chi connectivity index (χ1) is 10.2. The highest BCUT2D eigenvalue weighted by Crippen LogP contribution is 2.12. The quantitative estimate of drug-likeness (QED) is 0.789. The van der Waals surface area contributed by atoms with Crippen molar-refractivity contribution in [2.45, 2.75) is 45.1 Å². The largest absolute Gasteiger partial charge is 0.399 e. The predicted molar refractivity (Wildman–Crippen MR) is 87.1 cm³/mol. The SMILES string of the molecule is CCCCN1CCC(NC(=O)Cc2ccc(N)cc2)CC1. The van der Waals surface area contributed by atoms with E-state index in [1.54, 1.807) is 0 Å². The highest BCUT2D eigenvalue weighted by molar-refractivity contribution is 5.79. The summed E-state index contributed by atoms with van der Waals surface area (Å²) in [5, 5.41) is 3.16. The molecule has 116 valence electrons. The first-order valence-electron chi connectivity index (χ1n) is 8.03. The molecule has 1 aliphatic rings. The lowest BCUT2D eigenvalue weighted by atomic mass is 10.0. The fraction of sp³-hybridized carbons (Fsp3) is 0.588. The molecule has 1 fully saturated rings. The van der Waals surface area contributed by atoms with E-state index in [0.29, 0.717) is 12.5 Å². The van der Waals surface area contributed by atoms with Gasteiger partial charge >= 0.3 is 0 Å². The van der Waals surface area contributed by atoms with Gasteiger partial charge in [-0.1, -0.05) is 25.5 Å². The number of nitrogens with one attached hydrogen (secondary N) is 1. The van der Waals surface area contributed by atoms with Crippen LogP contribution in [0.4, 0.5) is 5.69 Å². The van der Waals surface area contributed by atoms with Gasteiger partial charge in [0.05, 0.1) is 6.42 Å². The minimum absolute atomic E-state index is 0.117. The monoisotopic (exact) mass is 289 g/mol. The van der Waals surface area contributed by atoms with E-state index in [2.05, 4.69) is 17.1 Å². The van der Waals surface area contributed by atoms with Crippen LogP contribution in [-0.4, -0.2) is 36.5 Å². The molecule has 0 aromatic heterocycles. The van der Waals surface area contributed by atoms with E-state index < -0.39 is 0 Å². The van der Waals surface area contributed by atoms with Crippen LogP contribution in [0.3, 0.4) is 0 Å². The number of piperidine rings is 1. The number of benzene rings is 1. The standard InChI is InChI=1S/C17H27N3O/c1-2-3-10-20-11-8-16(9-12-20)19-17(21)13-14-4-6-15(18)7-5-14/h4-7,16H,2-3,8-13,18H2,1H3,(H,19,21). The Morgan fingerprint density at radius 1 is 1.29 bits per heavy atom. The number of hydrogen-bond donors (Lipinski definition) is 2. The third-order valence-corrected chi connectivity index (χ3v) is 4.12. The summed E-state index contributed by atoms with van der Waals surface area (Å²) >= 11 is 0. The Morgan fingerprint density at radius 3 is 2.57 bits per heavy atom. The normalized spacial score (nSPS) is 16.8. The lowest BCUT2D eigenvalue weighted by Gasteiger charge is -2.32. The van der Waals surface area contributed by atoms with Crippen molar-refractivity contribution in [2.75, 3.05) is 25.4 Å². The minimum Gasteiger partial charge on any atom is -0.399 e. The van der Waals surface area contributed by atoms with E-state index in [-0.39, 0.29) is 5.91 Å². The Labute approximate surface area is 127 Å². The molecule has 1 heterocycles. The summed E-state index contributed by atoms with van der Waals surface area (Å²) in [6.45, 7) is 5.63. The third kappa shape index (κ3) is 5.38. The van der Waals surface area contributed by atoms with Gasteiger partial charge in [0, 0.05) is 24.8 Å². The number of carbonyl (C=O) groups is 1. The predicted octanol–water partition coefficient (Wildman–Crippen LogP) is 2.19. The number of rotatable bonds is 6. The summed E-state index contributed by atoms with van der Waals surface area (Å²) in [5.74, 6) is 0.117. The molecule has 0 atom stereocenters. The maximum atomic E-state index is 12.1. The van der Waals surface area contributed by atoms with Crippen molar-refractivity contribution in [1.29, 1.82) is 0 Å². The smallest absolute Gasteiger partial charge is 0.224 e. The zero-order chi connectivity index (χ0) is 15.1. The molecule has 1 aliphatic heterocycles. The number of hydrogen-bond acceptors (Lipinski definition) is 3. The Balaban J connectivity index is 1.70. The topological polar surface area (TPSA) is 58.4 Å². The van der Waals surface area contributed by atoms with Crippen molar-refractivity contribution >= 4 is 11.6 Å². The van der Waals surface area contributed by atoms with Gasteiger partial charge in [-0.05, 0) is 43.5 Å². The number of nitrogen functional groups attached to an aromatic ring is 1. The van der Waals surface area contributed by atoms with Crippen molar-refractivity contribution in [3.8, 4) is 0 Å². The third-order valence-electron chi connectivity index (χ3n) is 4.12. The fourth-order valence-corrected chi connectivity index (χ4v) is 2.78. The van der Waals surface area contributed by atoms with Crippen LogP contribution >= 0.6 is 0 Å². The lowest BCUT2D eigenvalue weighted by molar-refractivity contribution is -0.121. The Hall–Kier alpha value is -1.55. The summed E-state index contributed by atoms with van der Waals surface area (Å²) < 4.78 is 0. The van der Waals surface area contributed by atoms with Crippen molar-refractivity contribution in [1.82, 2.24) is 10.2 Å². The minimum atomic E-state index is 0.117. The van der Waals surface area contributed by atoms with E-state index in [4.69, 9.17) is 5.73 Å². The van der Waals surface area contributed by atoms with Crippen molar-refractivity contribution < 1.29 is 4.79 Å². The van der Waals surface area contributed by atoms with Gasteiger partial charge in [0.1, 0.15) is 0 Å². The van der Waals surface area contributed by atoms with Gasteiger partial charge in [0.2, 0.25) is 5.91 Å². The molecule has 0 aliphatic carbocycles. The van der Waals surface area contributed by atoms with Crippen LogP contribution in [0.5, 0.6) is 0 Å². The Kier molecular flexibility index (Phi) is 6.05. The molecule has 0 bridgehead atoms. The zero-order valence-electron chi connectivity index (χ0n) is 13.0. The van der Waals surface area contributed by atoms with E-state index in [1.807, 2.05) is 24.3 Å². The number of nitrogens with two attached hydrogens (primary N) is 1. The number of anilines is 1. The van der Waals surface area contributed by atoms with Crippen LogP contribution in [-0.2, 0) is 11.2 Å². The Bertz CT molecular complexity index is 436. The van der Waals surface area contributed by atoms with Gasteiger partial charge < -0.3 is 16.0 Å². The van der Waals surface area contributed by atoms with Crippen LogP contribution < -0.4 is 11.1 Å². The molecule has 4 nitrogen and oxygen atoms in total. The summed E-state index contributed by atoms with van der Waals surface area (Å²) in [6.07, 6.45) is 5.09. The molecule has 1 aromatic rings. The van der Waals surface area contributed by atoms with E-state index in [9.17, 15) is 4.79 Å². The first kappa shape index (κ1) is 15.8. The molecule has 21 heavy (non-hydrogen) atoms. The van der Waals surface area contributed by atoms with E-state index in [0.717, 1.165) is 37.2 Å². The second kappa shape index (κ2) is 8.03. The summed E-state index contributed by atoms with van der Waals surface area (Å²) in [7, 11) is 0. The van der Waals surface area contributed by atoms with Gasteiger partial charge in [-0.25, -0.2) is 0 Å². The number of unbranched alkanes of at least 4 members (excludes halogenated alkanes) is 1. The molecular weight excluding hydrogens is 262 g/mol. The second-order valence-electron chi connectivity index (χ2n) is 5.96. The van der Waals surface area contributed by atoms with Gasteiger partial charge in [0.25, 0.3) is 0 Å². The van der Waals surface area contributed by atoms with Gasteiger partial charge in [-0.3, -0.25) is 4.79 Å². The Morgan fingerprint density at radius 2 is 1.95 bits per heavy atom. The lowest BCUT2D eigenvalue weighted by Crippen LogP contribution is -2.45. The molecule has 0 unspecified atom stereocenters. The highest BCUT2D eigenvalue weighted by atomic mass is 16.1. The highest BCUT2D eigenvalue weighted by Gasteiger charge is 2.20. The fourth-order valence-electron chi connectivity index (χ4n) is 2.78. The molecule has 1 amide bonds. The van der Waals surface area contributed by atoms with Crippen LogP contribution in [0.2, 0.25) is 0 Å². The summed E-state index contributed by atoms with van der Waals surface area (Å²) in [5.41, 5.74) is 7.40. The molecule has 0 radical (unpaired) electrons. The molecule has 1 saturated heterocycles. The molecule has 1 aromatic carbocycles. The summed E-state index contributed by atoms with van der Waals surface area (Å²) in [6, 6.07) is 7.86. The molecule has 2 rings (SSSR count). The number of nitrogens with zero attached hydrogens (tertiary/aromatic N) is 1. The molecule has 0 spiro atoms. The van der Waals surface area contributed by atoms with Crippen LogP contribution in [0.25, 0.3) is 0 Å². The first-order valence-corrected chi connectivity index (χ1v) is 8.03. The molecule has 3 N–H and O–H groups in total. The van der Waals surface area contributed by atoms with E-state index >= 15 is 0 Å². The molecule has 4 heteroatoms. The van der Waals surface area contributed by atoms with Gasteiger partial charge in [-0.2, -0.15) is 0 Å². The molecular formula is C17H27N3O. The van der Waals surface area contributed by atoms with Crippen molar-refractivity contribution in [3.05, 3.63) is 29.8 Å². The van der Waals surface area contributed by atoms with Crippen molar-refractivity contribution in [3.63, 3.8) is 0 Å². The zero-order valence-corrected chi connectivity index (χ0v) is 13.0. The van der Waals surface area contributed by atoms with Crippen LogP contribution in [0, 0.1) is 0 Å². The van der Waals surface area contributed by atoms with Crippen molar-refractivity contribution in [2.24, 2.45) is 0 Å². The average Bonchev–Trinajstić information content (AvgIpc) is 2.49. The maximum Gasteiger partial charge on any atom is 0.224 e. The number of likely N-dealkylation sites (tertiary alicyclic amines) is 1. The number of amides is 1.